The van der Waals surface area contributed by atoms with Crippen LogP contribution in [0.15, 0.2) is 0 Å². The Morgan fingerprint density at radius 2 is 1.91 bits per heavy atom. The molecule has 1 N–H and O–H groups in total. The Kier molecular flexibility index (Phi) is 2.14. The van der Waals surface area contributed by atoms with Gasteiger partial charge in [-0.1, -0.05) is 0 Å². The maximum Gasteiger partial charge on any atom is 0.0978 e. The Morgan fingerprint density at radius 1 is 1.27 bits per heavy atom. The summed E-state index contributed by atoms with van der Waals surface area (Å²) in [5, 5.41) is 20.2. The van der Waals surface area contributed by atoms with Crippen molar-refractivity contribution in [3.63, 3.8) is 0 Å². The van der Waals surface area contributed by atoms with Crippen molar-refractivity contribution in [1.29, 1.82) is 0 Å². The Hall–Kier alpha value is -1.03. The average molecular weight is 153 g/mol. The van der Waals surface area contributed by atoms with Gasteiger partial charge in [-0.05, 0) is 31.5 Å². The summed E-state index contributed by atoms with van der Waals surface area (Å²) in [6.45, 7) is 5.38. The minimum atomic E-state index is -0.566. The topological polar surface area (TPSA) is 58.9 Å². The number of aliphatic hydroxyl groups excluding tert-OH is 1. The first kappa shape index (κ1) is 8.07. The highest BCUT2D eigenvalue weighted by molar-refractivity contribution is 5.21. The van der Waals surface area contributed by atoms with Crippen LogP contribution in [0.1, 0.15) is 30.0 Å². The summed E-state index contributed by atoms with van der Waals surface area (Å²) in [5.41, 5.74) is 2.34. The van der Waals surface area contributed by atoms with Crippen LogP contribution in [0.25, 0.3) is 0 Å². The van der Waals surface area contributed by atoms with Crippen LogP contribution >= 0.6 is 0 Å². The molecule has 1 rings (SSSR count). The molecule has 0 fully saturated rings. The minimum absolute atomic E-state index is 0.566. The highest BCUT2D eigenvalue weighted by Gasteiger charge is 2.08. The Labute approximate surface area is 65.3 Å². The number of rotatable bonds is 1. The van der Waals surface area contributed by atoms with Crippen LogP contribution in [-0.4, -0.2) is 20.5 Å². The first-order chi connectivity index (χ1) is 5.13. The molecule has 0 aromatic carbocycles. The summed E-state index contributed by atoms with van der Waals surface area (Å²) in [5.74, 6) is 0. The fourth-order valence-electron chi connectivity index (χ4n) is 0.870. The van der Waals surface area contributed by atoms with Gasteiger partial charge in [0.2, 0.25) is 0 Å². The number of aliphatic hydroxyl groups is 1. The van der Waals surface area contributed by atoms with Gasteiger partial charge in [-0.2, -0.15) is 0 Å². The van der Waals surface area contributed by atoms with Gasteiger partial charge in [-0.15, -0.1) is 10.2 Å². The van der Waals surface area contributed by atoms with E-state index in [1.807, 2.05) is 13.8 Å². The van der Waals surface area contributed by atoms with Crippen molar-refractivity contribution in [2.24, 2.45) is 0 Å². The van der Waals surface area contributed by atoms with E-state index in [4.69, 9.17) is 0 Å². The van der Waals surface area contributed by atoms with E-state index in [1.165, 1.54) is 0 Å². The highest BCUT2D eigenvalue weighted by atomic mass is 16.3. The van der Waals surface area contributed by atoms with Crippen molar-refractivity contribution in [2.45, 2.75) is 26.9 Å². The summed E-state index contributed by atoms with van der Waals surface area (Å²) in [6.07, 6.45) is -0.566. The van der Waals surface area contributed by atoms with Gasteiger partial charge in [0.25, 0.3) is 0 Å². The van der Waals surface area contributed by atoms with E-state index in [2.05, 4.69) is 15.4 Å². The van der Waals surface area contributed by atoms with E-state index in [1.54, 1.807) is 6.92 Å². The van der Waals surface area contributed by atoms with Gasteiger partial charge in [-0.3, -0.25) is 0 Å². The van der Waals surface area contributed by atoms with Crippen LogP contribution in [0.4, 0.5) is 0 Å². The second-order valence-electron chi connectivity index (χ2n) is 2.56. The van der Waals surface area contributed by atoms with Gasteiger partial charge in [-0.25, -0.2) is 0 Å². The van der Waals surface area contributed by atoms with E-state index in [9.17, 15) is 5.11 Å². The summed E-state index contributed by atoms with van der Waals surface area (Å²) >= 11 is 0. The number of nitrogens with zero attached hydrogens (tertiary/aromatic N) is 3. The highest BCUT2D eigenvalue weighted by Crippen LogP contribution is 2.13. The van der Waals surface area contributed by atoms with Crippen LogP contribution in [-0.2, 0) is 0 Å². The zero-order valence-electron chi connectivity index (χ0n) is 6.87. The molecule has 0 saturated carbocycles. The lowest BCUT2D eigenvalue weighted by molar-refractivity contribution is 0.191. The Bertz CT molecular complexity index is 260. The predicted molar refractivity (Wildman–Crippen MR) is 39.9 cm³/mol. The lowest BCUT2D eigenvalue weighted by atomic mass is 10.1. The molecule has 1 atom stereocenters. The third kappa shape index (κ3) is 1.51. The Morgan fingerprint density at radius 3 is 2.36 bits per heavy atom. The van der Waals surface area contributed by atoms with Crippen LogP contribution in [0, 0.1) is 13.8 Å². The smallest absolute Gasteiger partial charge is 0.0978 e. The van der Waals surface area contributed by atoms with Crippen molar-refractivity contribution < 1.29 is 5.11 Å². The van der Waals surface area contributed by atoms with Crippen molar-refractivity contribution in [3.05, 3.63) is 17.0 Å². The molecule has 0 amide bonds. The SMILES string of the molecule is Cc1nnnc(C(C)O)c1C. The molecule has 4 heteroatoms. The zero-order valence-corrected chi connectivity index (χ0v) is 6.87. The van der Waals surface area contributed by atoms with Gasteiger partial charge in [0.05, 0.1) is 17.5 Å². The van der Waals surface area contributed by atoms with E-state index in [0.717, 1.165) is 11.3 Å². The van der Waals surface area contributed by atoms with E-state index >= 15 is 0 Å². The van der Waals surface area contributed by atoms with Gasteiger partial charge >= 0.3 is 0 Å². The fourth-order valence-corrected chi connectivity index (χ4v) is 0.870. The number of hydrogen-bond acceptors (Lipinski definition) is 4. The molecule has 0 radical (unpaired) electrons. The van der Waals surface area contributed by atoms with Crippen molar-refractivity contribution in [1.82, 2.24) is 15.4 Å². The van der Waals surface area contributed by atoms with Crippen LogP contribution < -0.4 is 0 Å². The third-order valence-electron chi connectivity index (χ3n) is 1.67. The summed E-state index contributed by atoms with van der Waals surface area (Å²) in [4.78, 5) is 0. The fraction of sp³-hybridized carbons (Fsp3) is 0.571. The van der Waals surface area contributed by atoms with Gasteiger partial charge in [0.15, 0.2) is 0 Å². The predicted octanol–water partition coefficient (Wildman–Crippen LogP) is 0.542. The lowest BCUT2D eigenvalue weighted by Crippen LogP contribution is -2.05. The monoisotopic (exact) mass is 153 g/mol. The molecule has 11 heavy (non-hydrogen) atoms. The molecule has 0 aliphatic heterocycles. The zero-order chi connectivity index (χ0) is 8.43. The first-order valence-corrected chi connectivity index (χ1v) is 3.47. The molecule has 1 heterocycles. The van der Waals surface area contributed by atoms with Crippen LogP contribution in [0.5, 0.6) is 0 Å². The van der Waals surface area contributed by atoms with E-state index < -0.39 is 6.10 Å². The standard InChI is InChI=1S/C7H11N3O/c1-4-5(2)8-10-9-7(4)6(3)11/h6,11H,1-3H3. The lowest BCUT2D eigenvalue weighted by Gasteiger charge is -2.06. The second-order valence-corrected chi connectivity index (χ2v) is 2.56. The molecule has 0 saturated heterocycles. The average Bonchev–Trinajstić information content (AvgIpc) is 1.94. The molecular weight excluding hydrogens is 142 g/mol. The maximum absolute atomic E-state index is 9.20. The van der Waals surface area contributed by atoms with Gasteiger partial charge in [0, 0.05) is 0 Å². The van der Waals surface area contributed by atoms with Crippen LogP contribution in [0.3, 0.4) is 0 Å². The quantitative estimate of drug-likeness (QED) is 0.639. The number of aryl methyl sites for hydroxylation is 1. The summed E-state index contributed by atoms with van der Waals surface area (Å²) in [7, 11) is 0. The molecule has 4 nitrogen and oxygen atoms in total. The van der Waals surface area contributed by atoms with E-state index in [0.29, 0.717) is 5.69 Å². The second kappa shape index (κ2) is 2.92. The number of hydrogen-bond donors (Lipinski definition) is 1. The number of aromatic nitrogens is 3. The molecule has 60 valence electrons. The molecule has 0 spiro atoms. The minimum Gasteiger partial charge on any atom is -0.387 e. The Balaban J connectivity index is 3.17. The van der Waals surface area contributed by atoms with Gasteiger partial charge < -0.3 is 5.11 Å². The van der Waals surface area contributed by atoms with Crippen molar-refractivity contribution >= 4 is 0 Å². The largest absolute Gasteiger partial charge is 0.387 e. The van der Waals surface area contributed by atoms with Gasteiger partial charge in [0.1, 0.15) is 0 Å². The molecule has 0 bridgehead atoms. The summed E-state index contributed by atoms with van der Waals surface area (Å²) in [6, 6.07) is 0. The summed E-state index contributed by atoms with van der Waals surface area (Å²) < 4.78 is 0. The first-order valence-electron chi connectivity index (χ1n) is 3.47. The van der Waals surface area contributed by atoms with Crippen molar-refractivity contribution in [2.75, 3.05) is 0 Å². The molecule has 0 aliphatic rings. The maximum atomic E-state index is 9.20. The molecule has 1 aromatic heterocycles. The molecular formula is C7H11N3O. The third-order valence-corrected chi connectivity index (χ3v) is 1.67. The van der Waals surface area contributed by atoms with E-state index in [-0.39, 0.29) is 0 Å². The molecule has 0 aliphatic carbocycles. The molecule has 1 unspecified atom stereocenters. The van der Waals surface area contributed by atoms with Crippen molar-refractivity contribution in [3.8, 4) is 0 Å². The van der Waals surface area contributed by atoms with Crippen LogP contribution in [0.2, 0.25) is 0 Å². The normalized spacial score (nSPS) is 13.1. The molecule has 1 aromatic rings.